The van der Waals surface area contributed by atoms with Crippen molar-refractivity contribution < 1.29 is 9.22 Å². The molecule has 0 aliphatic carbocycles. The molecule has 0 aromatic carbocycles. The molecule has 0 aromatic heterocycles. The summed E-state index contributed by atoms with van der Waals surface area (Å²) in [5.41, 5.74) is 0. The lowest BCUT2D eigenvalue weighted by molar-refractivity contribution is 0.321. The summed E-state index contributed by atoms with van der Waals surface area (Å²) < 4.78 is 5.82. The van der Waals surface area contributed by atoms with Gasteiger partial charge in [0.15, 0.2) is 8.32 Å². The highest BCUT2D eigenvalue weighted by Gasteiger charge is 2.27. The smallest absolute Gasteiger partial charge is 0.231 e. The van der Waals surface area contributed by atoms with E-state index < -0.39 is 8.32 Å². The van der Waals surface area contributed by atoms with Crippen molar-refractivity contribution >= 4 is 14.4 Å². The molecule has 13 heavy (non-hydrogen) atoms. The van der Waals surface area contributed by atoms with Crippen LogP contribution in [0.3, 0.4) is 0 Å². The van der Waals surface area contributed by atoms with Crippen molar-refractivity contribution in [3.8, 4) is 0 Å². The predicted octanol–water partition coefficient (Wildman–Crippen LogP) is 2.93. The molecule has 0 heterocycles. The van der Waals surface area contributed by atoms with Gasteiger partial charge in [0.2, 0.25) is 6.08 Å². The monoisotopic (exact) mass is 203 g/mol. The number of hydrogen-bond acceptors (Lipinski definition) is 3. The summed E-state index contributed by atoms with van der Waals surface area (Å²) in [5, 5.41) is 5.40. The van der Waals surface area contributed by atoms with Crippen LogP contribution < -0.4 is 0 Å². The van der Waals surface area contributed by atoms with Crippen LogP contribution >= 0.6 is 0 Å². The van der Waals surface area contributed by atoms with E-state index in [1.54, 1.807) is 0 Å². The van der Waals surface area contributed by atoms with E-state index >= 15 is 0 Å². The third-order valence-corrected chi connectivity index (χ3v) is 7.15. The number of rotatable bonds is 5. The van der Waals surface area contributed by atoms with Crippen LogP contribution in [0.25, 0.3) is 0 Å². The minimum Gasteiger partial charge on any atom is -0.417 e. The third-order valence-electron chi connectivity index (χ3n) is 2.38. The van der Waals surface area contributed by atoms with E-state index in [9.17, 15) is 0 Å². The average molecular weight is 203 g/mol. The van der Waals surface area contributed by atoms with Gasteiger partial charge in [-0.2, -0.15) is 0 Å². The second-order valence-electron chi connectivity index (χ2n) is 2.78. The van der Waals surface area contributed by atoms with Crippen LogP contribution in [0.5, 0.6) is 0 Å². The Kier molecular flexibility index (Phi) is 11.2. The molecule has 0 aliphatic heterocycles. The zero-order valence-electron chi connectivity index (χ0n) is 9.14. The summed E-state index contributed by atoms with van der Waals surface area (Å²) in [5.74, 6) is 0. The second kappa shape index (κ2) is 9.64. The van der Waals surface area contributed by atoms with Gasteiger partial charge in [-0.25, -0.2) is 10.2 Å². The highest BCUT2D eigenvalue weighted by molar-refractivity contribution is 6.73. The molecule has 0 rings (SSSR count). The Balaban J connectivity index is 0. The molecule has 78 valence electrons. The number of isocyanates is 1. The topological polar surface area (TPSA) is 50.1 Å². The first-order valence-corrected chi connectivity index (χ1v) is 7.37. The standard InChI is InChI=1S/C8H20OSi.CHNO/c1-5-9-10(6-2,7-3)8-4;2-1-3/h5-8H2,1-4H3;2H. The molecule has 0 amide bonds. The molecule has 0 bridgehead atoms. The van der Waals surface area contributed by atoms with Crippen molar-refractivity contribution in [2.24, 2.45) is 0 Å². The van der Waals surface area contributed by atoms with Gasteiger partial charge in [-0.3, -0.25) is 0 Å². The van der Waals surface area contributed by atoms with Crippen molar-refractivity contribution in [2.75, 3.05) is 6.61 Å². The molecule has 0 saturated heterocycles. The Morgan fingerprint density at radius 2 is 1.46 bits per heavy atom. The summed E-state index contributed by atoms with van der Waals surface area (Å²) in [4.78, 5) is 8.35. The molecule has 0 aromatic rings. The molecule has 0 atom stereocenters. The maximum Gasteiger partial charge on any atom is 0.231 e. The Morgan fingerprint density at radius 1 is 1.15 bits per heavy atom. The molecule has 0 radical (unpaired) electrons. The van der Waals surface area contributed by atoms with Crippen molar-refractivity contribution in [1.82, 2.24) is 0 Å². The highest BCUT2D eigenvalue weighted by atomic mass is 28.4. The van der Waals surface area contributed by atoms with Gasteiger partial charge in [0.05, 0.1) is 0 Å². The van der Waals surface area contributed by atoms with Gasteiger partial charge in [-0.1, -0.05) is 20.8 Å². The summed E-state index contributed by atoms with van der Waals surface area (Å²) in [7, 11) is -1.22. The maximum atomic E-state index is 8.35. The molecule has 0 spiro atoms. The fraction of sp³-hybridized carbons (Fsp3) is 0.889. The molecule has 4 heteroatoms. The first-order valence-electron chi connectivity index (χ1n) is 4.84. The van der Waals surface area contributed by atoms with E-state index in [1.165, 1.54) is 18.1 Å². The van der Waals surface area contributed by atoms with E-state index in [2.05, 4.69) is 27.7 Å². The molecule has 0 saturated carbocycles. The molecule has 1 N–H and O–H groups in total. The molecule has 0 unspecified atom stereocenters. The van der Waals surface area contributed by atoms with Gasteiger partial charge in [-0.15, -0.1) is 0 Å². The van der Waals surface area contributed by atoms with Crippen molar-refractivity contribution in [3.05, 3.63) is 0 Å². The third kappa shape index (κ3) is 6.69. The van der Waals surface area contributed by atoms with E-state index in [0.717, 1.165) is 12.7 Å². The number of nitrogens with one attached hydrogen (secondary N) is 1. The molecular weight excluding hydrogens is 182 g/mol. The van der Waals surface area contributed by atoms with Crippen LogP contribution in [0.4, 0.5) is 0 Å². The summed E-state index contributed by atoms with van der Waals surface area (Å²) in [6.07, 6.45) is 0.750. The van der Waals surface area contributed by atoms with Crippen LogP contribution in [0.15, 0.2) is 0 Å². The zero-order chi connectivity index (χ0) is 10.7. The van der Waals surface area contributed by atoms with Gasteiger partial charge in [-0.05, 0) is 25.1 Å². The van der Waals surface area contributed by atoms with E-state index in [0.29, 0.717) is 0 Å². The van der Waals surface area contributed by atoms with E-state index in [4.69, 9.17) is 14.6 Å². The van der Waals surface area contributed by atoms with Crippen molar-refractivity contribution in [1.29, 1.82) is 5.41 Å². The van der Waals surface area contributed by atoms with Crippen molar-refractivity contribution in [3.63, 3.8) is 0 Å². The minimum absolute atomic E-state index is 0.750. The largest absolute Gasteiger partial charge is 0.417 e. The van der Waals surface area contributed by atoms with E-state index in [1.807, 2.05) is 0 Å². The first-order chi connectivity index (χ1) is 6.16. The van der Waals surface area contributed by atoms with Crippen LogP contribution in [-0.2, 0) is 9.22 Å². The SMILES string of the molecule is CCO[Si](CC)(CC)CC.N=C=O. The molecular formula is C9H21NO2Si. The predicted molar refractivity (Wildman–Crippen MR) is 57.2 cm³/mol. The normalized spacial score (nSPS) is 9.85. The molecule has 0 fully saturated rings. The van der Waals surface area contributed by atoms with Gasteiger partial charge in [0, 0.05) is 6.61 Å². The second-order valence-corrected chi connectivity index (χ2v) is 7.55. The summed E-state index contributed by atoms with van der Waals surface area (Å²) in [6, 6.07) is 3.82. The first kappa shape index (κ1) is 15.0. The Bertz CT molecular complexity index is 132. The highest BCUT2D eigenvalue weighted by Crippen LogP contribution is 2.20. The summed E-state index contributed by atoms with van der Waals surface area (Å²) in [6.45, 7) is 9.78. The Hall–Kier alpha value is -0.443. The molecule has 3 nitrogen and oxygen atoms in total. The van der Waals surface area contributed by atoms with Crippen LogP contribution in [-0.4, -0.2) is 21.0 Å². The van der Waals surface area contributed by atoms with Crippen LogP contribution in [0.1, 0.15) is 27.7 Å². The lowest BCUT2D eigenvalue weighted by atomic mass is 10.9. The van der Waals surface area contributed by atoms with Crippen LogP contribution in [0.2, 0.25) is 18.1 Å². The van der Waals surface area contributed by atoms with Gasteiger partial charge < -0.3 is 4.43 Å². The van der Waals surface area contributed by atoms with Gasteiger partial charge >= 0.3 is 0 Å². The Labute approximate surface area is 82.1 Å². The minimum atomic E-state index is -1.22. The lowest BCUT2D eigenvalue weighted by Crippen LogP contribution is -2.35. The quantitative estimate of drug-likeness (QED) is 0.424. The number of hydrogen-bond donors (Lipinski definition) is 1. The summed E-state index contributed by atoms with van der Waals surface area (Å²) >= 11 is 0. The average Bonchev–Trinajstić information content (AvgIpc) is 2.16. The Morgan fingerprint density at radius 3 is 1.54 bits per heavy atom. The lowest BCUT2D eigenvalue weighted by Gasteiger charge is -2.26. The fourth-order valence-electron chi connectivity index (χ4n) is 1.36. The van der Waals surface area contributed by atoms with Crippen molar-refractivity contribution in [2.45, 2.75) is 45.8 Å². The fourth-order valence-corrected chi connectivity index (χ4v) is 4.09. The van der Waals surface area contributed by atoms with Gasteiger partial charge in [0.1, 0.15) is 0 Å². The number of carbonyl (C=O) groups excluding carboxylic acids is 1. The zero-order valence-corrected chi connectivity index (χ0v) is 10.1. The maximum absolute atomic E-state index is 8.35. The van der Waals surface area contributed by atoms with Gasteiger partial charge in [0.25, 0.3) is 0 Å². The molecule has 0 aliphatic rings. The van der Waals surface area contributed by atoms with E-state index in [-0.39, 0.29) is 0 Å². The van der Waals surface area contributed by atoms with Crippen LogP contribution in [0, 0.1) is 5.41 Å².